The lowest BCUT2D eigenvalue weighted by Crippen LogP contribution is -2.18. The molecule has 3 aromatic carbocycles. The zero-order chi connectivity index (χ0) is 20.2. The highest BCUT2D eigenvalue weighted by Crippen LogP contribution is 2.25. The Hall–Kier alpha value is -3.21. The maximum absolute atomic E-state index is 12.9. The summed E-state index contributed by atoms with van der Waals surface area (Å²) in [4.78, 5) is 17.6. The minimum Gasteiger partial charge on any atom is -0.267 e. The number of rotatable bonds is 4. The van der Waals surface area contributed by atoms with Gasteiger partial charge in [0.05, 0.1) is 28.0 Å². The number of hydrogen-bond donors (Lipinski definition) is 1. The number of benzene rings is 3. The first kappa shape index (κ1) is 19.1. The Balaban J connectivity index is 1.67. The summed E-state index contributed by atoms with van der Waals surface area (Å²) in [5.41, 5.74) is 6.11. The van der Waals surface area contributed by atoms with Crippen LogP contribution in [0.2, 0.25) is 10.0 Å². The molecule has 29 heavy (non-hydrogen) atoms. The van der Waals surface area contributed by atoms with Crippen LogP contribution in [0.15, 0.2) is 84.0 Å². The van der Waals surface area contributed by atoms with E-state index in [-0.39, 0.29) is 5.91 Å². The van der Waals surface area contributed by atoms with Crippen LogP contribution in [0.25, 0.3) is 22.2 Å². The molecule has 0 radical (unpaired) electrons. The fourth-order valence-electron chi connectivity index (χ4n) is 2.95. The molecule has 1 N–H and O–H groups in total. The van der Waals surface area contributed by atoms with Gasteiger partial charge in [0.15, 0.2) is 0 Å². The second-order valence-electron chi connectivity index (χ2n) is 6.30. The summed E-state index contributed by atoms with van der Waals surface area (Å²) >= 11 is 12.0. The minimum atomic E-state index is -0.331. The summed E-state index contributed by atoms with van der Waals surface area (Å²) in [6, 6.07) is 24.1. The van der Waals surface area contributed by atoms with E-state index in [1.165, 1.54) is 6.21 Å². The maximum atomic E-state index is 12.9. The fraction of sp³-hybridized carbons (Fsp3) is 0. The predicted molar refractivity (Wildman–Crippen MR) is 119 cm³/mol. The molecule has 0 atom stereocenters. The van der Waals surface area contributed by atoms with Crippen LogP contribution in [0.1, 0.15) is 15.9 Å². The van der Waals surface area contributed by atoms with Gasteiger partial charge in [-0.2, -0.15) is 5.10 Å². The van der Waals surface area contributed by atoms with Gasteiger partial charge in [-0.15, -0.1) is 0 Å². The monoisotopic (exact) mass is 419 g/mol. The molecule has 0 saturated carbocycles. The van der Waals surface area contributed by atoms with Crippen molar-refractivity contribution in [3.05, 3.63) is 100 Å². The molecule has 1 amide bonds. The van der Waals surface area contributed by atoms with E-state index in [1.54, 1.807) is 24.3 Å². The smallest absolute Gasteiger partial charge is 0.267 e. The number of hydrogen-bond acceptors (Lipinski definition) is 3. The number of fused-ring (bicyclic) bond motifs is 1. The summed E-state index contributed by atoms with van der Waals surface area (Å²) in [5.74, 6) is -0.331. The SMILES string of the molecule is O=C(NN=Cc1ccc(Cl)cc1Cl)c1cc(-c2ccccc2)nc2ccccc12. The van der Waals surface area contributed by atoms with Gasteiger partial charge in [-0.3, -0.25) is 4.79 Å². The van der Waals surface area contributed by atoms with Gasteiger partial charge in [0, 0.05) is 21.5 Å². The number of amides is 1. The van der Waals surface area contributed by atoms with Crippen LogP contribution in [0.4, 0.5) is 0 Å². The molecule has 0 unspecified atom stereocenters. The first-order chi connectivity index (χ1) is 14.1. The standard InChI is InChI=1S/C23H15Cl2N3O/c24-17-11-10-16(20(25)12-17)14-26-28-23(29)19-13-22(15-6-2-1-3-7-15)27-21-9-5-4-8-18(19)21/h1-14H,(H,28,29). The van der Waals surface area contributed by atoms with Crippen LogP contribution >= 0.6 is 23.2 Å². The molecule has 0 bridgehead atoms. The summed E-state index contributed by atoms with van der Waals surface area (Å²) < 4.78 is 0. The Labute approximate surface area is 177 Å². The fourth-order valence-corrected chi connectivity index (χ4v) is 3.40. The van der Waals surface area contributed by atoms with Crippen LogP contribution in [-0.4, -0.2) is 17.1 Å². The molecule has 4 rings (SSSR count). The first-order valence-corrected chi connectivity index (χ1v) is 9.61. The third-order valence-corrected chi connectivity index (χ3v) is 4.93. The molecule has 4 nitrogen and oxygen atoms in total. The Bertz CT molecular complexity index is 1220. The number of para-hydroxylation sites is 1. The number of nitrogens with zero attached hydrogens (tertiary/aromatic N) is 2. The third kappa shape index (κ3) is 4.29. The van der Waals surface area contributed by atoms with Crippen LogP contribution in [0.5, 0.6) is 0 Å². The van der Waals surface area contributed by atoms with E-state index in [9.17, 15) is 4.79 Å². The average molecular weight is 420 g/mol. The van der Waals surface area contributed by atoms with Gasteiger partial charge in [0.2, 0.25) is 0 Å². The molecule has 0 aliphatic carbocycles. The van der Waals surface area contributed by atoms with Gasteiger partial charge in [-0.25, -0.2) is 10.4 Å². The number of nitrogens with one attached hydrogen (secondary N) is 1. The quantitative estimate of drug-likeness (QED) is 0.327. The molecule has 0 spiro atoms. The van der Waals surface area contributed by atoms with Gasteiger partial charge in [-0.05, 0) is 24.3 Å². The molecule has 0 fully saturated rings. The van der Waals surface area contributed by atoms with E-state index >= 15 is 0 Å². The summed E-state index contributed by atoms with van der Waals surface area (Å²) in [6.45, 7) is 0. The van der Waals surface area contributed by atoms with Crippen molar-refractivity contribution < 1.29 is 4.79 Å². The molecule has 0 aliphatic heterocycles. The van der Waals surface area contributed by atoms with Gasteiger partial charge in [0.25, 0.3) is 5.91 Å². The van der Waals surface area contributed by atoms with Crippen LogP contribution in [-0.2, 0) is 0 Å². The Morgan fingerprint density at radius 3 is 2.48 bits per heavy atom. The van der Waals surface area contributed by atoms with Crippen molar-refractivity contribution in [3.63, 3.8) is 0 Å². The Kier molecular flexibility index (Phi) is 5.56. The highest BCUT2D eigenvalue weighted by Gasteiger charge is 2.13. The van der Waals surface area contributed by atoms with Crippen molar-refractivity contribution in [2.45, 2.75) is 0 Å². The van der Waals surface area contributed by atoms with Gasteiger partial charge >= 0.3 is 0 Å². The highest BCUT2D eigenvalue weighted by molar-refractivity contribution is 6.36. The highest BCUT2D eigenvalue weighted by atomic mass is 35.5. The number of aromatic nitrogens is 1. The van der Waals surface area contributed by atoms with Crippen LogP contribution in [0.3, 0.4) is 0 Å². The Morgan fingerprint density at radius 2 is 1.69 bits per heavy atom. The normalized spacial score (nSPS) is 11.1. The molecule has 0 aliphatic rings. The number of pyridine rings is 1. The lowest BCUT2D eigenvalue weighted by atomic mass is 10.0. The van der Waals surface area contributed by atoms with Crippen LogP contribution < -0.4 is 5.43 Å². The van der Waals surface area contributed by atoms with E-state index in [2.05, 4.69) is 15.5 Å². The van der Waals surface area contributed by atoms with Crippen molar-refractivity contribution in [1.82, 2.24) is 10.4 Å². The second kappa shape index (κ2) is 8.43. The van der Waals surface area contributed by atoms with E-state index in [4.69, 9.17) is 23.2 Å². The number of carbonyl (C=O) groups is 1. The van der Waals surface area contributed by atoms with Crippen molar-refractivity contribution in [2.24, 2.45) is 5.10 Å². The maximum Gasteiger partial charge on any atom is 0.272 e. The van der Waals surface area contributed by atoms with E-state index in [1.807, 2.05) is 54.6 Å². The molecular weight excluding hydrogens is 405 g/mol. The van der Waals surface area contributed by atoms with Gasteiger partial charge < -0.3 is 0 Å². The second-order valence-corrected chi connectivity index (χ2v) is 7.15. The van der Waals surface area contributed by atoms with Crippen LogP contribution in [0, 0.1) is 0 Å². The third-order valence-electron chi connectivity index (χ3n) is 4.36. The zero-order valence-corrected chi connectivity index (χ0v) is 16.7. The van der Waals surface area contributed by atoms with Crippen molar-refractivity contribution in [1.29, 1.82) is 0 Å². The molecule has 4 aromatic rings. The van der Waals surface area contributed by atoms with Gasteiger partial charge in [-0.1, -0.05) is 77.8 Å². The Morgan fingerprint density at radius 1 is 0.931 bits per heavy atom. The summed E-state index contributed by atoms with van der Waals surface area (Å²) in [7, 11) is 0. The summed E-state index contributed by atoms with van der Waals surface area (Å²) in [6.07, 6.45) is 1.48. The average Bonchev–Trinajstić information content (AvgIpc) is 2.75. The number of halogens is 2. The number of hydrazone groups is 1. The van der Waals surface area contributed by atoms with Crippen molar-refractivity contribution in [2.75, 3.05) is 0 Å². The lowest BCUT2D eigenvalue weighted by molar-refractivity contribution is 0.0956. The predicted octanol–water partition coefficient (Wildman–Crippen LogP) is 5.97. The van der Waals surface area contributed by atoms with Gasteiger partial charge in [0.1, 0.15) is 0 Å². The molecular formula is C23H15Cl2N3O. The van der Waals surface area contributed by atoms with Crippen molar-refractivity contribution in [3.8, 4) is 11.3 Å². The molecule has 1 aromatic heterocycles. The lowest BCUT2D eigenvalue weighted by Gasteiger charge is -2.09. The topological polar surface area (TPSA) is 54.4 Å². The minimum absolute atomic E-state index is 0.331. The first-order valence-electron chi connectivity index (χ1n) is 8.85. The molecule has 0 saturated heterocycles. The molecule has 1 heterocycles. The van der Waals surface area contributed by atoms with E-state index in [0.29, 0.717) is 21.2 Å². The van der Waals surface area contributed by atoms with E-state index in [0.717, 1.165) is 22.2 Å². The number of carbonyl (C=O) groups excluding carboxylic acids is 1. The molecule has 142 valence electrons. The summed E-state index contributed by atoms with van der Waals surface area (Å²) in [5, 5.41) is 5.79. The van der Waals surface area contributed by atoms with Crippen molar-refractivity contribution >= 4 is 46.2 Å². The molecule has 6 heteroatoms. The zero-order valence-electron chi connectivity index (χ0n) is 15.1. The largest absolute Gasteiger partial charge is 0.272 e. The van der Waals surface area contributed by atoms with E-state index < -0.39 is 0 Å².